The fourth-order valence-electron chi connectivity index (χ4n) is 14.5. The van der Waals surface area contributed by atoms with Crippen molar-refractivity contribution in [1.29, 1.82) is 0 Å². The number of benzene rings is 11. The number of anilines is 2. The van der Waals surface area contributed by atoms with E-state index in [1.165, 1.54) is 122 Å². The van der Waals surface area contributed by atoms with Crippen LogP contribution in [-0.4, -0.2) is 11.1 Å². The van der Waals surface area contributed by atoms with Gasteiger partial charge in [-0.05, 0) is 126 Å². The molecule has 1 aromatic heterocycles. The highest BCUT2D eigenvalue weighted by atomic mass is 15.1. The first kappa shape index (κ1) is 43.6. The maximum absolute atomic E-state index is 4.67. The average Bonchev–Trinajstić information content (AvgIpc) is 3.93. The molecule has 0 atom stereocenters. The van der Waals surface area contributed by atoms with Crippen molar-refractivity contribution >= 4 is 38.8 Å². The van der Waals surface area contributed by atoms with Crippen LogP contribution in [0.4, 0.5) is 11.4 Å². The van der Waals surface area contributed by atoms with E-state index in [2.05, 4.69) is 295 Å². The highest BCUT2D eigenvalue weighted by Crippen LogP contribution is 2.69. The van der Waals surface area contributed by atoms with Crippen LogP contribution in [0.5, 0.6) is 0 Å². The standard InChI is InChI=1S/C75H50N2/c1-49-23-5-4-20-46-76(67-44-42-52(47-57(49)67)50-24-6-2-7-25-50)70-40-21-37-65-72(70)55-29-10-13-31-59(55)74(65)61-33-15-17-35-63(61)75(64-36-18-16-34-62(64)74)60-32-14-11-30-56(60)73-66(75)38-22-41-71(73)77-68-39-19-12-28-54(68)58-48-53(43-45-69(58)77)51-26-8-3-9-27-51/h2-45,47-48H,1,46H2/b20-4-,23-5-. The minimum atomic E-state index is -0.639. The first-order valence-electron chi connectivity index (χ1n) is 26.9. The predicted molar refractivity (Wildman–Crippen MR) is 321 cm³/mol. The lowest BCUT2D eigenvalue weighted by molar-refractivity contribution is 0.633. The molecule has 0 unspecified atom stereocenters. The molecule has 0 radical (unpaired) electrons. The maximum atomic E-state index is 4.67. The lowest BCUT2D eigenvalue weighted by Gasteiger charge is -2.49. The van der Waals surface area contributed by atoms with Crippen molar-refractivity contribution in [2.75, 3.05) is 11.4 Å². The van der Waals surface area contributed by atoms with Gasteiger partial charge >= 0.3 is 0 Å². The largest absolute Gasteiger partial charge is 0.337 e. The van der Waals surface area contributed by atoms with E-state index in [1.807, 2.05) is 0 Å². The summed E-state index contributed by atoms with van der Waals surface area (Å²) in [6.45, 7) is 5.35. The Morgan fingerprint density at radius 2 is 0.805 bits per heavy atom. The monoisotopic (exact) mass is 978 g/mol. The number of hydrogen-bond donors (Lipinski definition) is 0. The van der Waals surface area contributed by atoms with E-state index >= 15 is 0 Å². The molecule has 360 valence electrons. The molecule has 2 heteroatoms. The van der Waals surface area contributed by atoms with E-state index in [4.69, 9.17) is 0 Å². The van der Waals surface area contributed by atoms with Crippen molar-refractivity contribution in [3.63, 3.8) is 0 Å². The van der Waals surface area contributed by atoms with Crippen LogP contribution in [0.15, 0.2) is 286 Å². The Morgan fingerprint density at radius 1 is 0.325 bits per heavy atom. The summed E-state index contributed by atoms with van der Waals surface area (Å²) < 4.78 is 2.54. The van der Waals surface area contributed by atoms with E-state index in [0.29, 0.717) is 6.54 Å². The van der Waals surface area contributed by atoms with Crippen LogP contribution in [0.25, 0.3) is 77.6 Å². The summed E-state index contributed by atoms with van der Waals surface area (Å²) in [5.74, 6) is 0. The Labute approximate surface area is 449 Å². The first-order chi connectivity index (χ1) is 38.2. The lowest BCUT2D eigenvalue weighted by Crippen LogP contribution is -2.43. The molecule has 11 aromatic carbocycles. The molecule has 4 aliphatic rings. The topological polar surface area (TPSA) is 8.17 Å². The smallest absolute Gasteiger partial charge is 0.0720 e. The Balaban J connectivity index is 0.949. The molecule has 0 saturated carbocycles. The molecule has 2 nitrogen and oxygen atoms in total. The van der Waals surface area contributed by atoms with Crippen molar-refractivity contribution in [1.82, 2.24) is 4.57 Å². The van der Waals surface area contributed by atoms with Gasteiger partial charge < -0.3 is 9.47 Å². The van der Waals surface area contributed by atoms with Gasteiger partial charge in [-0.2, -0.15) is 0 Å². The zero-order valence-electron chi connectivity index (χ0n) is 42.4. The molecule has 2 heterocycles. The van der Waals surface area contributed by atoms with Gasteiger partial charge in [0, 0.05) is 45.4 Å². The summed E-state index contributed by atoms with van der Waals surface area (Å²) in [4.78, 5) is 2.53. The quantitative estimate of drug-likeness (QED) is 0.171. The Morgan fingerprint density at radius 3 is 1.43 bits per heavy atom. The van der Waals surface area contributed by atoms with Gasteiger partial charge in [-0.25, -0.2) is 0 Å². The molecule has 2 spiro atoms. The summed E-state index contributed by atoms with van der Waals surface area (Å²) in [5, 5.41) is 2.49. The fourth-order valence-corrected chi connectivity index (χ4v) is 14.5. The number of allylic oxidation sites excluding steroid dienone is 4. The molecule has 77 heavy (non-hydrogen) atoms. The summed E-state index contributed by atoms with van der Waals surface area (Å²) >= 11 is 0. The number of fused-ring (bicyclic) bond motifs is 20. The lowest BCUT2D eigenvalue weighted by atomic mass is 9.52. The highest BCUT2D eigenvalue weighted by Gasteiger charge is 2.59. The molecule has 1 aliphatic heterocycles. The van der Waals surface area contributed by atoms with Crippen LogP contribution in [0.1, 0.15) is 50.1 Å². The summed E-state index contributed by atoms with van der Waals surface area (Å²) in [6.07, 6.45) is 8.72. The van der Waals surface area contributed by atoms with Crippen LogP contribution < -0.4 is 4.90 Å². The molecule has 0 amide bonds. The van der Waals surface area contributed by atoms with Gasteiger partial charge in [0.2, 0.25) is 0 Å². The van der Waals surface area contributed by atoms with Gasteiger partial charge in [-0.3, -0.25) is 0 Å². The van der Waals surface area contributed by atoms with Gasteiger partial charge in [-0.15, -0.1) is 0 Å². The Hall–Kier alpha value is -9.76. The second-order valence-corrected chi connectivity index (χ2v) is 21.1. The van der Waals surface area contributed by atoms with E-state index in [0.717, 1.165) is 16.8 Å². The van der Waals surface area contributed by atoms with Crippen LogP contribution in [-0.2, 0) is 10.8 Å². The summed E-state index contributed by atoms with van der Waals surface area (Å²) in [5.41, 5.74) is 27.1. The molecule has 0 fully saturated rings. The normalized spacial score (nSPS) is 18.1. The first-order valence-corrected chi connectivity index (χ1v) is 26.9. The zero-order valence-corrected chi connectivity index (χ0v) is 42.4. The van der Waals surface area contributed by atoms with Crippen molar-refractivity contribution in [3.8, 4) is 50.2 Å². The molecule has 0 saturated heterocycles. The van der Waals surface area contributed by atoms with Crippen LogP contribution in [0, 0.1) is 0 Å². The van der Waals surface area contributed by atoms with Crippen LogP contribution in [0.3, 0.4) is 0 Å². The van der Waals surface area contributed by atoms with E-state index in [1.54, 1.807) is 0 Å². The highest BCUT2D eigenvalue weighted by molar-refractivity contribution is 6.12. The van der Waals surface area contributed by atoms with Gasteiger partial charge in [0.15, 0.2) is 0 Å². The Kier molecular flexibility index (Phi) is 9.42. The molecule has 12 aromatic rings. The molecule has 0 N–H and O–H groups in total. The minimum absolute atomic E-state index is 0.635. The summed E-state index contributed by atoms with van der Waals surface area (Å²) in [6, 6.07) is 95.9. The second kappa shape index (κ2) is 16.6. The third kappa shape index (κ3) is 5.90. The van der Waals surface area contributed by atoms with Crippen molar-refractivity contribution < 1.29 is 0 Å². The van der Waals surface area contributed by atoms with Crippen molar-refractivity contribution in [2.45, 2.75) is 10.8 Å². The molecular weight excluding hydrogens is 929 g/mol. The number of rotatable bonds is 4. The van der Waals surface area contributed by atoms with Gasteiger partial charge in [-0.1, -0.05) is 243 Å². The number of para-hydroxylation sites is 1. The predicted octanol–water partition coefficient (Wildman–Crippen LogP) is 18.4. The van der Waals surface area contributed by atoms with E-state index in [-0.39, 0.29) is 0 Å². The van der Waals surface area contributed by atoms with Crippen molar-refractivity contribution in [2.24, 2.45) is 0 Å². The van der Waals surface area contributed by atoms with Gasteiger partial charge in [0.25, 0.3) is 0 Å². The molecule has 16 rings (SSSR count). The summed E-state index contributed by atoms with van der Waals surface area (Å²) in [7, 11) is 0. The third-order valence-electron chi connectivity index (χ3n) is 17.4. The number of nitrogens with zero attached hydrogens (tertiary/aromatic N) is 2. The number of hydrogen-bond acceptors (Lipinski definition) is 1. The molecular formula is C75H50N2. The van der Waals surface area contributed by atoms with Crippen molar-refractivity contribution in [3.05, 3.63) is 336 Å². The number of aromatic nitrogens is 1. The molecule has 0 bridgehead atoms. The average molecular weight is 979 g/mol. The van der Waals surface area contributed by atoms with Crippen LogP contribution in [0.2, 0.25) is 0 Å². The zero-order chi connectivity index (χ0) is 50.8. The van der Waals surface area contributed by atoms with E-state index < -0.39 is 10.8 Å². The Bertz CT molecular complexity index is 4460. The third-order valence-corrected chi connectivity index (χ3v) is 17.4. The maximum Gasteiger partial charge on any atom is 0.0720 e. The second-order valence-electron chi connectivity index (χ2n) is 21.1. The van der Waals surface area contributed by atoms with E-state index in [9.17, 15) is 0 Å². The minimum Gasteiger partial charge on any atom is -0.337 e. The molecule has 3 aliphatic carbocycles. The SMILES string of the molecule is C=C1/C=C\C=C/CN(c2cccc3c2-c2ccccc2C32c3ccccc3C3(c4ccccc4-c4c(-n5c6ccccc6c6cc(-c7ccccc7)ccc65)cccc43)c3ccccc32)c2ccc(-c3ccccc3)cc21. The van der Waals surface area contributed by atoms with Crippen LogP contribution >= 0.6 is 0 Å². The van der Waals surface area contributed by atoms with Gasteiger partial charge in [0.05, 0.1) is 27.6 Å². The fraction of sp³-hybridized carbons (Fsp3) is 0.0400. The van der Waals surface area contributed by atoms with Gasteiger partial charge in [0.1, 0.15) is 0 Å².